The number of nitrogens with one attached hydrogen (secondary N) is 1. The Morgan fingerprint density at radius 1 is 1.10 bits per heavy atom. The number of hydrogen-bond acceptors (Lipinski definition) is 7. The molecule has 0 radical (unpaired) electrons. The van der Waals surface area contributed by atoms with Crippen molar-refractivity contribution in [1.82, 2.24) is 15.0 Å². The first-order chi connectivity index (χ1) is 10.2. The molecule has 1 heterocycles. The van der Waals surface area contributed by atoms with Gasteiger partial charge in [-0.25, -0.2) is 0 Å². The maximum absolute atomic E-state index is 8.88. The maximum atomic E-state index is 8.88. The van der Waals surface area contributed by atoms with Crippen molar-refractivity contribution in [1.29, 1.82) is 0 Å². The van der Waals surface area contributed by atoms with Crippen molar-refractivity contribution in [2.24, 2.45) is 0 Å². The number of aromatic nitrogens is 3. The molecule has 2 aromatic rings. The van der Waals surface area contributed by atoms with Crippen LogP contribution in [0.2, 0.25) is 0 Å². The van der Waals surface area contributed by atoms with E-state index in [4.69, 9.17) is 14.6 Å². The van der Waals surface area contributed by atoms with Gasteiger partial charge in [-0.2, -0.15) is 9.97 Å². The summed E-state index contributed by atoms with van der Waals surface area (Å²) in [4.78, 5) is 12.2. The fraction of sp³-hybridized carbons (Fsp3) is 0.357. The van der Waals surface area contributed by atoms with Gasteiger partial charge in [0.25, 0.3) is 0 Å². The van der Waals surface area contributed by atoms with Crippen LogP contribution in [-0.4, -0.2) is 40.3 Å². The summed E-state index contributed by atoms with van der Waals surface area (Å²) < 4.78 is 10.9. The van der Waals surface area contributed by atoms with E-state index in [0.717, 1.165) is 5.56 Å². The highest BCUT2D eigenvalue weighted by molar-refractivity contribution is 5.31. The Bertz CT molecular complexity index is 575. The minimum Gasteiger partial charge on any atom is -0.464 e. The van der Waals surface area contributed by atoms with Gasteiger partial charge < -0.3 is 19.9 Å². The molecule has 21 heavy (non-hydrogen) atoms. The highest BCUT2D eigenvalue weighted by atomic mass is 16.5. The minimum atomic E-state index is 0.122. The third-order valence-corrected chi connectivity index (χ3v) is 2.62. The van der Waals surface area contributed by atoms with Crippen LogP contribution in [0.5, 0.6) is 17.8 Å². The van der Waals surface area contributed by atoms with Crippen molar-refractivity contribution in [2.45, 2.75) is 13.3 Å². The molecule has 0 fully saturated rings. The number of aliphatic hydroxyl groups is 1. The van der Waals surface area contributed by atoms with Crippen LogP contribution in [0.3, 0.4) is 0 Å². The lowest BCUT2D eigenvalue weighted by molar-refractivity contribution is 0.299. The van der Waals surface area contributed by atoms with Crippen molar-refractivity contribution in [3.05, 3.63) is 29.8 Å². The summed E-state index contributed by atoms with van der Waals surface area (Å²) >= 11 is 0. The van der Waals surface area contributed by atoms with Crippen LogP contribution in [-0.2, 0) is 6.42 Å². The van der Waals surface area contributed by atoms with Crippen LogP contribution in [0.1, 0.15) is 12.5 Å². The van der Waals surface area contributed by atoms with E-state index in [9.17, 15) is 0 Å². The Morgan fingerprint density at radius 2 is 1.81 bits per heavy atom. The standard InChI is InChI=1S/C14H18N4O3/c1-3-20-13-16-12(15-2)17-14(18-13)21-11-6-4-10(5-7-11)8-9-19/h4-7,19H,3,8-9H2,1-2H3,(H,15,16,17,18). The van der Waals surface area contributed by atoms with Crippen LogP contribution in [0.25, 0.3) is 0 Å². The molecule has 0 bridgehead atoms. The van der Waals surface area contributed by atoms with Crippen LogP contribution in [0.15, 0.2) is 24.3 Å². The van der Waals surface area contributed by atoms with Gasteiger partial charge in [-0.15, -0.1) is 4.98 Å². The van der Waals surface area contributed by atoms with Gasteiger partial charge in [0, 0.05) is 13.7 Å². The Labute approximate surface area is 123 Å². The molecule has 0 saturated heterocycles. The molecule has 0 saturated carbocycles. The van der Waals surface area contributed by atoms with Crippen molar-refractivity contribution < 1.29 is 14.6 Å². The highest BCUT2D eigenvalue weighted by Crippen LogP contribution is 2.21. The van der Waals surface area contributed by atoms with Crippen molar-refractivity contribution in [3.63, 3.8) is 0 Å². The van der Waals surface area contributed by atoms with Crippen molar-refractivity contribution in [2.75, 3.05) is 25.6 Å². The lowest BCUT2D eigenvalue weighted by atomic mass is 10.1. The molecule has 1 aromatic carbocycles. The molecule has 1 aromatic heterocycles. The van der Waals surface area contributed by atoms with Gasteiger partial charge in [0.05, 0.1) is 6.61 Å². The molecule has 0 aliphatic carbocycles. The lowest BCUT2D eigenvalue weighted by Gasteiger charge is -2.08. The summed E-state index contributed by atoms with van der Waals surface area (Å²) in [6.07, 6.45) is 0.616. The summed E-state index contributed by atoms with van der Waals surface area (Å²) in [6.45, 7) is 2.43. The van der Waals surface area contributed by atoms with Crippen molar-refractivity contribution in [3.8, 4) is 17.8 Å². The van der Waals surface area contributed by atoms with E-state index in [1.807, 2.05) is 19.1 Å². The first-order valence-electron chi connectivity index (χ1n) is 6.69. The van der Waals surface area contributed by atoms with Gasteiger partial charge in [-0.1, -0.05) is 12.1 Å². The molecule has 0 spiro atoms. The Morgan fingerprint density at radius 3 is 2.43 bits per heavy atom. The van der Waals surface area contributed by atoms with Gasteiger partial charge >= 0.3 is 12.0 Å². The molecule has 112 valence electrons. The topological polar surface area (TPSA) is 89.4 Å². The smallest absolute Gasteiger partial charge is 0.330 e. The normalized spacial score (nSPS) is 10.2. The zero-order valence-corrected chi connectivity index (χ0v) is 12.0. The molecule has 2 N–H and O–H groups in total. The lowest BCUT2D eigenvalue weighted by Crippen LogP contribution is -2.05. The zero-order valence-electron chi connectivity index (χ0n) is 12.0. The molecular weight excluding hydrogens is 272 g/mol. The molecule has 0 aliphatic rings. The molecule has 0 aliphatic heterocycles. The van der Waals surface area contributed by atoms with Crippen LogP contribution < -0.4 is 14.8 Å². The van der Waals surface area contributed by atoms with E-state index in [2.05, 4.69) is 20.3 Å². The molecule has 0 amide bonds. The van der Waals surface area contributed by atoms with Gasteiger partial charge in [0.2, 0.25) is 5.95 Å². The third kappa shape index (κ3) is 4.28. The second-order valence-electron chi connectivity index (χ2n) is 4.13. The quantitative estimate of drug-likeness (QED) is 0.801. The Hall–Kier alpha value is -2.41. The fourth-order valence-electron chi connectivity index (χ4n) is 1.65. The van der Waals surface area contributed by atoms with Gasteiger partial charge in [-0.3, -0.25) is 0 Å². The molecule has 7 nitrogen and oxygen atoms in total. The minimum absolute atomic E-state index is 0.122. The largest absolute Gasteiger partial charge is 0.464 e. The Kier molecular flexibility index (Phi) is 5.28. The number of rotatable bonds is 7. The van der Waals surface area contributed by atoms with Crippen LogP contribution in [0.4, 0.5) is 5.95 Å². The summed E-state index contributed by atoms with van der Waals surface area (Å²) in [7, 11) is 1.71. The van der Waals surface area contributed by atoms with Crippen LogP contribution in [0, 0.1) is 0 Å². The van der Waals surface area contributed by atoms with E-state index < -0.39 is 0 Å². The summed E-state index contributed by atoms with van der Waals surface area (Å²) in [5, 5.41) is 11.7. The second-order valence-corrected chi connectivity index (χ2v) is 4.13. The zero-order chi connectivity index (χ0) is 15.1. The molecule has 0 unspecified atom stereocenters. The predicted molar refractivity (Wildman–Crippen MR) is 77.8 cm³/mol. The summed E-state index contributed by atoms with van der Waals surface area (Å²) in [5.74, 6) is 0.979. The van der Waals surface area contributed by atoms with Crippen LogP contribution >= 0.6 is 0 Å². The SMILES string of the molecule is CCOc1nc(NC)nc(Oc2ccc(CCO)cc2)n1. The number of nitrogens with zero attached hydrogens (tertiary/aromatic N) is 3. The first-order valence-corrected chi connectivity index (χ1v) is 6.69. The monoisotopic (exact) mass is 290 g/mol. The average Bonchev–Trinajstić information content (AvgIpc) is 2.49. The van der Waals surface area contributed by atoms with Gasteiger partial charge in [0.1, 0.15) is 5.75 Å². The highest BCUT2D eigenvalue weighted by Gasteiger charge is 2.08. The van der Waals surface area contributed by atoms with Crippen molar-refractivity contribution >= 4 is 5.95 Å². The van der Waals surface area contributed by atoms with E-state index in [-0.39, 0.29) is 18.6 Å². The molecule has 2 rings (SSSR count). The van der Waals surface area contributed by atoms with Gasteiger partial charge in [0.15, 0.2) is 0 Å². The van der Waals surface area contributed by atoms with E-state index in [1.165, 1.54) is 0 Å². The number of hydrogen-bond donors (Lipinski definition) is 2. The first kappa shape index (κ1) is 15.0. The number of benzene rings is 1. The average molecular weight is 290 g/mol. The second kappa shape index (κ2) is 7.39. The van der Waals surface area contributed by atoms with Gasteiger partial charge in [-0.05, 0) is 31.0 Å². The predicted octanol–water partition coefficient (Wildman–Crippen LogP) is 1.64. The maximum Gasteiger partial charge on any atom is 0.330 e. The van der Waals surface area contributed by atoms with E-state index in [0.29, 0.717) is 24.7 Å². The van der Waals surface area contributed by atoms with E-state index in [1.54, 1.807) is 19.2 Å². The summed E-state index contributed by atoms with van der Waals surface area (Å²) in [5.41, 5.74) is 1.03. The summed E-state index contributed by atoms with van der Waals surface area (Å²) in [6, 6.07) is 7.74. The molecular formula is C14H18N4O3. The molecule has 7 heteroatoms. The Balaban J connectivity index is 2.15. The number of ether oxygens (including phenoxy) is 2. The number of anilines is 1. The fourth-order valence-corrected chi connectivity index (χ4v) is 1.65. The number of aliphatic hydroxyl groups excluding tert-OH is 1. The molecule has 0 atom stereocenters. The third-order valence-electron chi connectivity index (χ3n) is 2.62. The van der Waals surface area contributed by atoms with E-state index >= 15 is 0 Å².